The van der Waals surface area contributed by atoms with E-state index in [4.69, 9.17) is 16.7 Å². The highest BCUT2D eigenvalue weighted by Gasteiger charge is 2.18. The maximum atomic E-state index is 11.6. The van der Waals surface area contributed by atoms with E-state index >= 15 is 0 Å². The number of imidazole rings is 1. The Morgan fingerprint density at radius 1 is 1.28 bits per heavy atom. The molecule has 25 heavy (non-hydrogen) atoms. The third-order valence-electron chi connectivity index (χ3n) is 3.95. The lowest BCUT2D eigenvalue weighted by Gasteiger charge is -2.13. The molecule has 2 aromatic carbocycles. The van der Waals surface area contributed by atoms with E-state index in [2.05, 4.69) is 16.5 Å². The summed E-state index contributed by atoms with van der Waals surface area (Å²) >= 11 is 7.88. The zero-order valence-corrected chi connectivity index (χ0v) is 16.2. The van der Waals surface area contributed by atoms with Crippen molar-refractivity contribution in [2.24, 2.45) is 5.14 Å². The van der Waals surface area contributed by atoms with Crippen LogP contribution in [-0.2, 0) is 16.6 Å². The van der Waals surface area contributed by atoms with Gasteiger partial charge in [0.25, 0.3) is 0 Å². The Labute approximate surface area is 156 Å². The van der Waals surface area contributed by atoms with Gasteiger partial charge in [0.1, 0.15) is 0 Å². The van der Waals surface area contributed by atoms with Gasteiger partial charge >= 0.3 is 0 Å². The van der Waals surface area contributed by atoms with Crippen molar-refractivity contribution in [2.45, 2.75) is 35.7 Å². The molecule has 0 spiro atoms. The van der Waals surface area contributed by atoms with Gasteiger partial charge in [-0.05, 0) is 43.7 Å². The molecule has 2 N–H and O–H groups in total. The molecule has 0 aliphatic carbocycles. The fourth-order valence-corrected chi connectivity index (χ4v) is 4.74. The van der Waals surface area contributed by atoms with Crippen LogP contribution in [-0.4, -0.2) is 18.0 Å². The van der Waals surface area contributed by atoms with Crippen LogP contribution in [0, 0.1) is 0 Å². The number of hydrogen-bond donors (Lipinski definition) is 1. The highest BCUT2D eigenvalue weighted by atomic mass is 35.5. The molecule has 5 nitrogen and oxygen atoms in total. The molecule has 0 fully saturated rings. The van der Waals surface area contributed by atoms with Gasteiger partial charge in [0, 0.05) is 16.8 Å². The molecule has 0 amide bonds. The minimum absolute atomic E-state index is 0.0662. The minimum atomic E-state index is -3.75. The summed E-state index contributed by atoms with van der Waals surface area (Å²) in [5, 5.41) is 6.86. The van der Waals surface area contributed by atoms with Crippen LogP contribution in [0.15, 0.2) is 52.5 Å². The van der Waals surface area contributed by atoms with Crippen LogP contribution in [0.4, 0.5) is 0 Å². The van der Waals surface area contributed by atoms with E-state index in [0.717, 1.165) is 27.8 Å². The first kappa shape index (κ1) is 18.3. The molecule has 0 aliphatic rings. The third kappa shape index (κ3) is 3.69. The van der Waals surface area contributed by atoms with Crippen LogP contribution in [0.3, 0.4) is 0 Å². The lowest BCUT2D eigenvalue weighted by atomic mass is 10.2. The average Bonchev–Trinajstić information content (AvgIpc) is 2.90. The Balaban J connectivity index is 2.02. The average molecular weight is 396 g/mol. The van der Waals surface area contributed by atoms with E-state index in [1.807, 2.05) is 31.2 Å². The maximum absolute atomic E-state index is 11.6. The van der Waals surface area contributed by atoms with Crippen molar-refractivity contribution < 1.29 is 8.42 Å². The fraction of sp³-hybridized carbons (Fsp3) is 0.235. The molecule has 3 rings (SSSR count). The topological polar surface area (TPSA) is 78.0 Å². The van der Waals surface area contributed by atoms with Gasteiger partial charge in [0.15, 0.2) is 5.16 Å². The van der Waals surface area contributed by atoms with Crippen LogP contribution >= 0.6 is 23.4 Å². The first-order valence-electron chi connectivity index (χ1n) is 7.75. The largest absolute Gasteiger partial charge is 0.319 e. The summed E-state index contributed by atoms with van der Waals surface area (Å²) in [7, 11) is -3.75. The van der Waals surface area contributed by atoms with E-state index in [0.29, 0.717) is 5.52 Å². The number of hydrogen-bond acceptors (Lipinski definition) is 4. The Morgan fingerprint density at radius 2 is 2.00 bits per heavy atom. The maximum Gasteiger partial charge on any atom is 0.238 e. The summed E-state index contributed by atoms with van der Waals surface area (Å²) in [6, 6.07) is 12.5. The smallest absolute Gasteiger partial charge is 0.238 e. The molecule has 1 atom stereocenters. The monoisotopic (exact) mass is 395 g/mol. The second kappa shape index (κ2) is 6.99. The molecule has 0 saturated heterocycles. The van der Waals surface area contributed by atoms with Gasteiger partial charge in [0.05, 0.1) is 15.9 Å². The molecule has 0 aliphatic heterocycles. The van der Waals surface area contributed by atoms with Gasteiger partial charge in [0.2, 0.25) is 10.0 Å². The molecule has 8 heteroatoms. The number of nitrogens with zero attached hydrogens (tertiary/aromatic N) is 2. The van der Waals surface area contributed by atoms with E-state index in [1.54, 1.807) is 17.8 Å². The molecule has 0 bridgehead atoms. The van der Waals surface area contributed by atoms with Gasteiger partial charge in [-0.1, -0.05) is 41.6 Å². The van der Waals surface area contributed by atoms with Gasteiger partial charge in [-0.2, -0.15) is 0 Å². The molecule has 1 unspecified atom stereocenters. The van der Waals surface area contributed by atoms with Gasteiger partial charge in [-0.25, -0.2) is 18.5 Å². The summed E-state index contributed by atoms with van der Waals surface area (Å²) in [6.07, 6.45) is 0. The lowest BCUT2D eigenvalue weighted by Crippen LogP contribution is -2.11. The molecule has 0 saturated carbocycles. The van der Waals surface area contributed by atoms with Crippen molar-refractivity contribution in [3.05, 3.63) is 53.1 Å². The fourth-order valence-electron chi connectivity index (χ4n) is 2.69. The second-order valence-electron chi connectivity index (χ2n) is 5.62. The van der Waals surface area contributed by atoms with Crippen molar-refractivity contribution in [1.82, 2.24) is 9.55 Å². The number of thioether (sulfide) groups is 1. The van der Waals surface area contributed by atoms with Crippen LogP contribution < -0.4 is 5.14 Å². The number of nitrogens with two attached hydrogens (primary N) is 1. The zero-order chi connectivity index (χ0) is 18.2. The van der Waals surface area contributed by atoms with Crippen molar-refractivity contribution in [3.63, 3.8) is 0 Å². The molecule has 3 aromatic rings. The number of rotatable bonds is 5. The van der Waals surface area contributed by atoms with Gasteiger partial charge < -0.3 is 4.57 Å². The summed E-state index contributed by atoms with van der Waals surface area (Å²) in [4.78, 5) is 4.68. The third-order valence-corrected chi connectivity index (χ3v) is 6.34. The number of aryl methyl sites for hydroxylation is 1. The second-order valence-corrected chi connectivity index (χ2v) is 8.89. The Bertz CT molecular complexity index is 1030. The molecule has 1 aromatic heterocycles. The Kier molecular flexibility index (Phi) is 5.11. The number of aromatic nitrogens is 2. The Hall–Kier alpha value is -1.54. The van der Waals surface area contributed by atoms with Crippen molar-refractivity contribution in [2.75, 3.05) is 0 Å². The molecule has 0 radical (unpaired) electrons. The van der Waals surface area contributed by atoms with Crippen molar-refractivity contribution >= 4 is 44.4 Å². The number of fused-ring (bicyclic) bond motifs is 1. The number of primary sulfonamides is 1. The minimum Gasteiger partial charge on any atom is -0.319 e. The summed E-state index contributed by atoms with van der Waals surface area (Å²) < 4.78 is 25.2. The van der Waals surface area contributed by atoms with E-state index in [1.165, 1.54) is 12.1 Å². The van der Waals surface area contributed by atoms with Crippen LogP contribution in [0.5, 0.6) is 0 Å². The molecular formula is C17H18ClN3O2S2. The molecular weight excluding hydrogens is 378 g/mol. The van der Waals surface area contributed by atoms with E-state index < -0.39 is 10.0 Å². The molecule has 132 valence electrons. The quantitative estimate of drug-likeness (QED) is 0.656. The first-order valence-corrected chi connectivity index (χ1v) is 10.6. The van der Waals surface area contributed by atoms with Crippen molar-refractivity contribution in [1.29, 1.82) is 0 Å². The number of benzene rings is 2. The predicted molar refractivity (Wildman–Crippen MR) is 103 cm³/mol. The van der Waals surface area contributed by atoms with Crippen molar-refractivity contribution in [3.8, 4) is 0 Å². The normalized spacial score (nSPS) is 13.3. The number of sulfonamides is 1. The Morgan fingerprint density at radius 3 is 2.64 bits per heavy atom. The van der Waals surface area contributed by atoms with Crippen LogP contribution in [0.25, 0.3) is 11.0 Å². The highest BCUT2D eigenvalue weighted by molar-refractivity contribution is 7.99. The molecule has 1 heterocycles. The first-order chi connectivity index (χ1) is 11.8. The standard InChI is InChI=1S/C17H18ClN3O2S2/c1-3-21-16-9-8-12(25(19,22)23)10-15(16)20-17(21)24-11(2)13-6-4-5-7-14(13)18/h4-11H,3H2,1-2H3,(H2,19,22,23). The van der Waals surface area contributed by atoms with Crippen LogP contribution in [0.1, 0.15) is 24.7 Å². The summed E-state index contributed by atoms with van der Waals surface area (Å²) in [5.41, 5.74) is 2.53. The summed E-state index contributed by atoms with van der Waals surface area (Å²) in [6.45, 7) is 4.82. The number of halogens is 1. The van der Waals surface area contributed by atoms with E-state index in [-0.39, 0.29) is 10.1 Å². The van der Waals surface area contributed by atoms with E-state index in [9.17, 15) is 8.42 Å². The van der Waals surface area contributed by atoms with Gasteiger partial charge in [-0.15, -0.1) is 0 Å². The predicted octanol–water partition coefficient (Wildman–Crippen LogP) is 4.21. The zero-order valence-electron chi connectivity index (χ0n) is 13.8. The highest BCUT2D eigenvalue weighted by Crippen LogP contribution is 2.38. The van der Waals surface area contributed by atoms with Crippen LogP contribution in [0.2, 0.25) is 5.02 Å². The SMILES string of the molecule is CCn1c(SC(C)c2ccccc2Cl)nc2cc(S(N)(=O)=O)ccc21. The van der Waals surface area contributed by atoms with Gasteiger partial charge in [-0.3, -0.25) is 0 Å². The summed E-state index contributed by atoms with van der Waals surface area (Å²) in [5.74, 6) is 0. The lowest BCUT2D eigenvalue weighted by molar-refractivity contribution is 0.598.